The molecule has 10 heavy (non-hydrogen) atoms. The lowest BCUT2D eigenvalue weighted by Crippen LogP contribution is -2.33. The van der Waals surface area contributed by atoms with Gasteiger partial charge in [-0.3, -0.25) is 0 Å². The number of nitrogens with one attached hydrogen (secondary N) is 1. The average Bonchev–Trinajstić information content (AvgIpc) is 1.81. The zero-order valence-electron chi connectivity index (χ0n) is 6.65. The molecule has 0 fully saturated rings. The van der Waals surface area contributed by atoms with Crippen molar-refractivity contribution in [3.8, 4) is 0 Å². The third-order valence-corrected chi connectivity index (χ3v) is 0.994. The number of hydrogen-bond acceptors (Lipinski definition) is 2. The van der Waals surface area contributed by atoms with Crippen molar-refractivity contribution in [2.75, 3.05) is 6.54 Å². The number of allylic oxidation sites excluding steroid dienone is 1. The van der Waals surface area contributed by atoms with Gasteiger partial charge in [-0.25, -0.2) is 0 Å². The van der Waals surface area contributed by atoms with E-state index in [1.165, 1.54) is 0 Å². The second kappa shape index (κ2) is 3.42. The summed E-state index contributed by atoms with van der Waals surface area (Å²) in [6.07, 6.45) is 1.62. The van der Waals surface area contributed by atoms with Crippen molar-refractivity contribution >= 4 is 0 Å². The molecule has 0 heterocycles. The Bertz CT molecular complexity index is 133. The normalized spacial score (nSPS) is 10.7. The van der Waals surface area contributed by atoms with Gasteiger partial charge in [0.15, 0.2) is 0 Å². The topological polar surface area (TPSA) is 32.3 Å². The lowest BCUT2D eigenvalue weighted by atomic mass is 10.1. The SMILES string of the molecule is C=CC(=C)NCC(C)(C)O. The first kappa shape index (κ1) is 9.24. The van der Waals surface area contributed by atoms with Crippen LogP contribution in [0.5, 0.6) is 0 Å². The quantitative estimate of drug-likeness (QED) is 0.573. The summed E-state index contributed by atoms with van der Waals surface area (Å²) in [7, 11) is 0. The summed E-state index contributed by atoms with van der Waals surface area (Å²) in [5.74, 6) is 0. The predicted octanol–water partition coefficient (Wildman–Crippen LogP) is 1.05. The summed E-state index contributed by atoms with van der Waals surface area (Å²) in [5.41, 5.74) is 0.0495. The van der Waals surface area contributed by atoms with Gasteiger partial charge in [-0.1, -0.05) is 13.2 Å². The fraction of sp³-hybridized carbons (Fsp3) is 0.500. The van der Waals surface area contributed by atoms with E-state index < -0.39 is 5.60 Å². The van der Waals surface area contributed by atoms with Gasteiger partial charge in [-0.2, -0.15) is 0 Å². The van der Waals surface area contributed by atoms with Gasteiger partial charge in [-0.15, -0.1) is 0 Å². The van der Waals surface area contributed by atoms with Crippen molar-refractivity contribution in [1.82, 2.24) is 5.32 Å². The van der Waals surface area contributed by atoms with Crippen LogP contribution >= 0.6 is 0 Å². The van der Waals surface area contributed by atoms with Crippen LogP contribution in [0.4, 0.5) is 0 Å². The molecular weight excluding hydrogens is 126 g/mol. The van der Waals surface area contributed by atoms with Gasteiger partial charge in [0.1, 0.15) is 0 Å². The van der Waals surface area contributed by atoms with Crippen molar-refractivity contribution in [1.29, 1.82) is 0 Å². The maximum Gasteiger partial charge on any atom is 0.0763 e. The number of rotatable bonds is 4. The summed E-state index contributed by atoms with van der Waals surface area (Å²) >= 11 is 0. The molecule has 0 saturated heterocycles. The van der Waals surface area contributed by atoms with E-state index >= 15 is 0 Å². The predicted molar refractivity (Wildman–Crippen MR) is 43.6 cm³/mol. The van der Waals surface area contributed by atoms with E-state index in [0.717, 1.165) is 5.70 Å². The molecule has 0 amide bonds. The molecule has 0 rings (SSSR count). The summed E-state index contributed by atoms with van der Waals surface area (Å²) in [4.78, 5) is 0. The molecule has 0 aliphatic heterocycles. The largest absolute Gasteiger partial charge is 0.389 e. The van der Waals surface area contributed by atoms with Gasteiger partial charge in [0.2, 0.25) is 0 Å². The van der Waals surface area contributed by atoms with E-state index in [1.54, 1.807) is 19.9 Å². The number of hydrogen-bond donors (Lipinski definition) is 2. The third kappa shape index (κ3) is 5.38. The van der Waals surface area contributed by atoms with E-state index in [0.29, 0.717) is 6.54 Å². The van der Waals surface area contributed by atoms with Gasteiger partial charge in [0.05, 0.1) is 5.60 Å². The second-order valence-corrected chi connectivity index (χ2v) is 2.90. The van der Waals surface area contributed by atoms with Gasteiger partial charge in [0.25, 0.3) is 0 Å². The van der Waals surface area contributed by atoms with Crippen LogP contribution in [0.2, 0.25) is 0 Å². The fourth-order valence-electron chi connectivity index (χ4n) is 0.402. The molecule has 0 aromatic carbocycles. The van der Waals surface area contributed by atoms with E-state index in [4.69, 9.17) is 0 Å². The summed E-state index contributed by atoms with van der Waals surface area (Å²) in [5, 5.41) is 12.1. The minimum Gasteiger partial charge on any atom is -0.389 e. The minimum atomic E-state index is -0.689. The standard InChI is InChI=1S/C8H15NO/c1-5-7(2)9-6-8(3,4)10/h5,9-10H,1-2,6H2,3-4H3. The summed E-state index contributed by atoms with van der Waals surface area (Å²) in [6.45, 7) is 11.1. The Balaban J connectivity index is 3.55. The first-order valence-corrected chi connectivity index (χ1v) is 3.23. The van der Waals surface area contributed by atoms with E-state index in [1.807, 2.05) is 0 Å². The molecule has 0 aliphatic rings. The summed E-state index contributed by atoms with van der Waals surface area (Å²) in [6, 6.07) is 0. The van der Waals surface area contributed by atoms with Crippen LogP contribution in [-0.2, 0) is 0 Å². The molecule has 58 valence electrons. The molecule has 0 bridgehead atoms. The molecule has 2 nitrogen and oxygen atoms in total. The monoisotopic (exact) mass is 141 g/mol. The van der Waals surface area contributed by atoms with Crippen molar-refractivity contribution in [2.45, 2.75) is 19.4 Å². The second-order valence-electron chi connectivity index (χ2n) is 2.90. The highest BCUT2D eigenvalue weighted by molar-refractivity contribution is 5.08. The molecule has 0 aromatic heterocycles. The number of aliphatic hydroxyl groups is 1. The van der Waals surface area contributed by atoms with Gasteiger partial charge < -0.3 is 10.4 Å². The van der Waals surface area contributed by atoms with Crippen molar-refractivity contribution in [3.63, 3.8) is 0 Å². The Labute approximate surface area is 62.3 Å². The Morgan fingerprint density at radius 3 is 2.50 bits per heavy atom. The molecule has 2 N–H and O–H groups in total. The molecular formula is C8H15NO. The zero-order chi connectivity index (χ0) is 8.20. The van der Waals surface area contributed by atoms with Crippen molar-refractivity contribution in [2.24, 2.45) is 0 Å². The zero-order valence-corrected chi connectivity index (χ0v) is 6.65. The molecule has 0 aromatic rings. The Kier molecular flexibility index (Phi) is 3.16. The van der Waals surface area contributed by atoms with Crippen LogP contribution < -0.4 is 5.32 Å². The highest BCUT2D eigenvalue weighted by Gasteiger charge is 2.10. The van der Waals surface area contributed by atoms with Gasteiger partial charge in [0, 0.05) is 12.2 Å². The van der Waals surface area contributed by atoms with Crippen LogP contribution in [0.15, 0.2) is 24.9 Å². The molecule has 0 atom stereocenters. The van der Waals surface area contributed by atoms with E-state index in [2.05, 4.69) is 18.5 Å². The first-order valence-electron chi connectivity index (χ1n) is 3.23. The Hall–Kier alpha value is -0.760. The molecule has 0 unspecified atom stereocenters. The van der Waals surface area contributed by atoms with Crippen molar-refractivity contribution in [3.05, 3.63) is 24.9 Å². The molecule has 2 heteroatoms. The maximum atomic E-state index is 9.22. The highest BCUT2D eigenvalue weighted by Crippen LogP contribution is 1.98. The highest BCUT2D eigenvalue weighted by atomic mass is 16.3. The first-order chi connectivity index (χ1) is 4.45. The summed E-state index contributed by atoms with van der Waals surface area (Å²) < 4.78 is 0. The van der Waals surface area contributed by atoms with Crippen molar-refractivity contribution < 1.29 is 5.11 Å². The van der Waals surface area contributed by atoms with Crippen LogP contribution in [0.25, 0.3) is 0 Å². The van der Waals surface area contributed by atoms with Gasteiger partial charge >= 0.3 is 0 Å². The molecule has 0 radical (unpaired) electrons. The lowest BCUT2D eigenvalue weighted by molar-refractivity contribution is 0.0829. The van der Waals surface area contributed by atoms with E-state index in [9.17, 15) is 5.11 Å². The minimum absolute atomic E-state index is 0.498. The molecule has 0 aliphatic carbocycles. The maximum absolute atomic E-state index is 9.22. The smallest absolute Gasteiger partial charge is 0.0763 e. The van der Waals surface area contributed by atoms with E-state index in [-0.39, 0.29) is 0 Å². The van der Waals surface area contributed by atoms with Gasteiger partial charge in [-0.05, 0) is 19.9 Å². The van der Waals surface area contributed by atoms with Crippen LogP contribution in [-0.4, -0.2) is 17.3 Å². The average molecular weight is 141 g/mol. The Morgan fingerprint density at radius 2 is 2.20 bits per heavy atom. The van der Waals surface area contributed by atoms with Crippen LogP contribution in [0.1, 0.15) is 13.8 Å². The van der Waals surface area contributed by atoms with Crippen LogP contribution in [0.3, 0.4) is 0 Å². The molecule has 0 saturated carbocycles. The fourth-order valence-corrected chi connectivity index (χ4v) is 0.402. The van der Waals surface area contributed by atoms with Crippen LogP contribution in [0, 0.1) is 0 Å². The third-order valence-electron chi connectivity index (χ3n) is 0.994. The lowest BCUT2D eigenvalue weighted by Gasteiger charge is -2.18. The molecule has 0 spiro atoms. The Morgan fingerprint density at radius 1 is 1.70 bits per heavy atom.